The van der Waals surface area contributed by atoms with Gasteiger partial charge in [0.05, 0.1) is 26.4 Å². The molecule has 3 heterocycles. The van der Waals surface area contributed by atoms with E-state index in [2.05, 4.69) is 13.2 Å². The van der Waals surface area contributed by atoms with Crippen molar-refractivity contribution in [3.63, 3.8) is 0 Å². The van der Waals surface area contributed by atoms with E-state index in [9.17, 15) is 0 Å². The van der Waals surface area contributed by atoms with Gasteiger partial charge in [-0.15, -0.1) is 6.58 Å². The molecule has 3 aliphatic heterocycles. The van der Waals surface area contributed by atoms with Gasteiger partial charge in [0.25, 0.3) is 0 Å². The average molecular weight is 615 g/mol. The molecule has 8 atom stereocenters. The van der Waals surface area contributed by atoms with E-state index in [0.717, 1.165) is 16.7 Å². The Morgan fingerprint density at radius 2 is 1.31 bits per heavy atom. The van der Waals surface area contributed by atoms with Crippen molar-refractivity contribution in [3.8, 4) is 0 Å². The number of ether oxygens (including phenoxy) is 8. The quantitative estimate of drug-likeness (QED) is 0.214. The van der Waals surface area contributed by atoms with Gasteiger partial charge >= 0.3 is 0 Å². The van der Waals surface area contributed by atoms with Gasteiger partial charge in [-0.1, -0.05) is 104 Å². The first-order valence-corrected chi connectivity index (χ1v) is 15.5. The first-order chi connectivity index (χ1) is 21.9. The predicted molar refractivity (Wildman–Crippen MR) is 168 cm³/mol. The maximum absolute atomic E-state index is 6.65. The van der Waals surface area contributed by atoms with E-state index in [4.69, 9.17) is 37.9 Å². The lowest BCUT2D eigenvalue weighted by Crippen LogP contribution is -2.55. The van der Waals surface area contributed by atoms with Crippen molar-refractivity contribution in [2.45, 2.75) is 88.7 Å². The van der Waals surface area contributed by atoms with Crippen LogP contribution in [0.1, 0.15) is 30.5 Å². The second-order valence-corrected chi connectivity index (χ2v) is 12.0. The molecule has 0 aliphatic carbocycles. The third kappa shape index (κ3) is 7.80. The van der Waals surface area contributed by atoms with Crippen LogP contribution in [0.3, 0.4) is 0 Å². The Labute approximate surface area is 265 Å². The van der Waals surface area contributed by atoms with Gasteiger partial charge < -0.3 is 37.9 Å². The average Bonchev–Trinajstić information content (AvgIpc) is 3.53. The van der Waals surface area contributed by atoms with Gasteiger partial charge in [-0.3, -0.25) is 0 Å². The summed E-state index contributed by atoms with van der Waals surface area (Å²) >= 11 is 0. The summed E-state index contributed by atoms with van der Waals surface area (Å²) in [6.45, 7) is 13.5. The van der Waals surface area contributed by atoms with Crippen molar-refractivity contribution in [1.29, 1.82) is 0 Å². The summed E-state index contributed by atoms with van der Waals surface area (Å²) in [5, 5.41) is 0. The molecular formula is C37H42O8. The molecule has 238 valence electrons. The van der Waals surface area contributed by atoms with E-state index in [-0.39, 0.29) is 6.61 Å². The molecule has 6 rings (SSSR count). The maximum atomic E-state index is 6.65. The van der Waals surface area contributed by atoms with Crippen LogP contribution in [0.2, 0.25) is 0 Å². The fourth-order valence-corrected chi connectivity index (χ4v) is 5.90. The van der Waals surface area contributed by atoms with E-state index in [0.29, 0.717) is 25.4 Å². The maximum Gasteiger partial charge on any atom is 0.190 e. The van der Waals surface area contributed by atoms with Crippen molar-refractivity contribution < 1.29 is 37.9 Å². The van der Waals surface area contributed by atoms with Crippen LogP contribution < -0.4 is 0 Å². The Bertz CT molecular complexity index is 1380. The van der Waals surface area contributed by atoms with Crippen LogP contribution in [0.5, 0.6) is 0 Å². The fraction of sp³-hybridized carbons (Fsp3) is 0.405. The molecule has 0 spiro atoms. The second kappa shape index (κ2) is 14.5. The summed E-state index contributed by atoms with van der Waals surface area (Å²) in [6, 6.07) is 30.1. The molecule has 8 heteroatoms. The lowest BCUT2D eigenvalue weighted by atomic mass is 9.96. The van der Waals surface area contributed by atoms with Gasteiger partial charge in [0, 0.05) is 5.57 Å². The number of fused-ring (bicyclic) bond motifs is 1. The third-order valence-corrected chi connectivity index (χ3v) is 8.12. The van der Waals surface area contributed by atoms with Crippen LogP contribution in [0.25, 0.3) is 0 Å². The van der Waals surface area contributed by atoms with Gasteiger partial charge in [-0.25, -0.2) is 0 Å². The molecule has 8 nitrogen and oxygen atoms in total. The highest BCUT2D eigenvalue weighted by molar-refractivity contribution is 5.19. The zero-order valence-electron chi connectivity index (χ0n) is 25.9. The van der Waals surface area contributed by atoms with Crippen LogP contribution in [0.4, 0.5) is 0 Å². The van der Waals surface area contributed by atoms with Crippen molar-refractivity contribution >= 4 is 0 Å². The summed E-state index contributed by atoms with van der Waals surface area (Å²) in [7, 11) is 0. The number of hydrogen-bond donors (Lipinski definition) is 0. The van der Waals surface area contributed by atoms with Crippen LogP contribution >= 0.6 is 0 Å². The molecule has 0 bridgehead atoms. The van der Waals surface area contributed by atoms with E-state index in [1.165, 1.54) is 0 Å². The highest BCUT2D eigenvalue weighted by Crippen LogP contribution is 2.41. The monoisotopic (exact) mass is 614 g/mol. The van der Waals surface area contributed by atoms with Crippen molar-refractivity contribution in [2.75, 3.05) is 6.61 Å². The van der Waals surface area contributed by atoms with Crippen molar-refractivity contribution in [2.24, 2.45) is 0 Å². The number of rotatable bonds is 13. The molecule has 0 N–H and O–H groups in total. The number of benzene rings is 3. The molecule has 3 aromatic rings. The summed E-state index contributed by atoms with van der Waals surface area (Å²) in [6.07, 6.45) is -2.83. The van der Waals surface area contributed by atoms with E-state index < -0.39 is 55.0 Å². The molecule has 0 saturated carbocycles. The minimum Gasteiger partial charge on any atom is -0.374 e. The molecule has 0 unspecified atom stereocenters. The fourth-order valence-electron chi connectivity index (χ4n) is 5.90. The minimum absolute atomic E-state index is 0.247. The van der Waals surface area contributed by atoms with Crippen LogP contribution in [0, 0.1) is 0 Å². The van der Waals surface area contributed by atoms with Gasteiger partial charge in [-0.05, 0) is 30.5 Å². The SMILES string of the molecule is C=C[C@H]1O[C@@H]2OC(C)(C)O[C@@H]2[C@H]1O[C@H]1O[C@H](COCc2ccccc2)[C@@H](OCc2ccccc2)[C@H](OCc2ccccc2)C1=C. The van der Waals surface area contributed by atoms with Gasteiger partial charge in [0.15, 0.2) is 18.4 Å². The summed E-state index contributed by atoms with van der Waals surface area (Å²) < 4.78 is 50.9. The molecular weight excluding hydrogens is 572 g/mol. The van der Waals surface area contributed by atoms with Crippen molar-refractivity contribution in [3.05, 3.63) is 132 Å². The summed E-state index contributed by atoms with van der Waals surface area (Å²) in [5.74, 6) is -0.807. The van der Waals surface area contributed by atoms with Crippen LogP contribution in [-0.4, -0.2) is 61.6 Å². The van der Waals surface area contributed by atoms with E-state index >= 15 is 0 Å². The molecule has 0 radical (unpaired) electrons. The van der Waals surface area contributed by atoms with E-state index in [1.54, 1.807) is 6.08 Å². The smallest absolute Gasteiger partial charge is 0.190 e. The molecule has 45 heavy (non-hydrogen) atoms. The number of hydrogen-bond acceptors (Lipinski definition) is 8. The molecule has 0 amide bonds. The lowest BCUT2D eigenvalue weighted by Gasteiger charge is -2.43. The Balaban J connectivity index is 1.25. The molecule has 3 aromatic carbocycles. The van der Waals surface area contributed by atoms with Gasteiger partial charge in [-0.2, -0.15) is 0 Å². The largest absolute Gasteiger partial charge is 0.374 e. The molecule has 3 aliphatic rings. The molecule has 0 aromatic heterocycles. The Kier molecular flexibility index (Phi) is 10.2. The highest BCUT2D eigenvalue weighted by Gasteiger charge is 2.56. The molecule has 3 saturated heterocycles. The first kappa shape index (κ1) is 31.8. The minimum atomic E-state index is -0.852. The Morgan fingerprint density at radius 3 is 1.91 bits per heavy atom. The highest BCUT2D eigenvalue weighted by atomic mass is 16.8. The second-order valence-electron chi connectivity index (χ2n) is 12.0. The topological polar surface area (TPSA) is 73.8 Å². The van der Waals surface area contributed by atoms with Gasteiger partial charge in [0.2, 0.25) is 0 Å². The van der Waals surface area contributed by atoms with Gasteiger partial charge in [0.1, 0.15) is 36.6 Å². The predicted octanol–water partition coefficient (Wildman–Crippen LogP) is 6.10. The zero-order valence-corrected chi connectivity index (χ0v) is 25.9. The summed E-state index contributed by atoms with van der Waals surface area (Å²) in [5.41, 5.74) is 3.74. The normalized spacial score (nSPS) is 30.7. The first-order valence-electron chi connectivity index (χ1n) is 15.5. The standard InChI is InChI=1S/C37H42O8/c1-5-29-33(34-36(41-29)45-37(3,4)44-34)43-35-25(2)31(39-22-27-17-11-7-12-18-27)32(40-23-28-19-13-8-14-20-28)30(42-35)24-38-21-26-15-9-6-10-16-26/h5-20,29-36H,1-2,21-24H2,3-4H3/t29-,30-,31-,32-,33+,34-,35-,36-/m1/s1. The molecule has 3 fully saturated rings. The van der Waals surface area contributed by atoms with E-state index in [1.807, 2.05) is 105 Å². The van der Waals surface area contributed by atoms with Crippen LogP contribution in [0.15, 0.2) is 116 Å². The Morgan fingerprint density at radius 1 is 0.733 bits per heavy atom. The lowest BCUT2D eigenvalue weighted by molar-refractivity contribution is -0.274. The zero-order chi connectivity index (χ0) is 31.2. The Hall–Kier alpha value is -3.18. The third-order valence-electron chi connectivity index (χ3n) is 8.12. The van der Waals surface area contributed by atoms with Crippen LogP contribution in [-0.2, 0) is 57.7 Å². The summed E-state index contributed by atoms with van der Waals surface area (Å²) in [4.78, 5) is 0. The van der Waals surface area contributed by atoms with Crippen molar-refractivity contribution in [1.82, 2.24) is 0 Å².